The third-order valence-electron chi connectivity index (χ3n) is 3.15. The second kappa shape index (κ2) is 11.6. The summed E-state index contributed by atoms with van der Waals surface area (Å²) < 4.78 is 5.16. The minimum atomic E-state index is -0.515. The van der Waals surface area contributed by atoms with Crippen LogP contribution in [0.5, 0.6) is 0 Å². The van der Waals surface area contributed by atoms with E-state index in [1.54, 1.807) is 0 Å². The predicted molar refractivity (Wildman–Crippen MR) is 84.8 cm³/mol. The highest BCUT2D eigenvalue weighted by atomic mass is 32.2. The summed E-state index contributed by atoms with van der Waals surface area (Å²) in [4.78, 5) is 12.0. The SMILES string of the molecule is CCCCSCCCCC(C)(NCC)C(=O)OCC. The second-order valence-electron chi connectivity index (χ2n) is 5.01. The number of nitrogens with one attached hydrogen (secondary N) is 1. The van der Waals surface area contributed by atoms with Gasteiger partial charge in [-0.3, -0.25) is 4.79 Å². The maximum absolute atomic E-state index is 12.0. The molecule has 0 spiro atoms. The second-order valence-corrected chi connectivity index (χ2v) is 6.23. The topological polar surface area (TPSA) is 38.3 Å². The third kappa shape index (κ3) is 8.53. The van der Waals surface area contributed by atoms with Gasteiger partial charge in [0.1, 0.15) is 5.54 Å². The number of ether oxygens (including phenoxy) is 1. The van der Waals surface area contributed by atoms with Crippen LogP contribution in [0.2, 0.25) is 0 Å². The number of hydrogen-bond acceptors (Lipinski definition) is 4. The monoisotopic (exact) mass is 289 g/mol. The Kier molecular flexibility index (Phi) is 11.5. The van der Waals surface area contributed by atoms with Crippen LogP contribution in [-0.4, -0.2) is 36.2 Å². The molecule has 0 aromatic carbocycles. The number of carbonyl (C=O) groups excluding carboxylic acids is 1. The molecule has 0 saturated heterocycles. The van der Waals surface area contributed by atoms with E-state index in [1.807, 2.05) is 32.5 Å². The Morgan fingerprint density at radius 2 is 1.84 bits per heavy atom. The van der Waals surface area contributed by atoms with Gasteiger partial charge in [0.2, 0.25) is 0 Å². The first kappa shape index (κ1) is 18.8. The molecule has 0 saturated carbocycles. The lowest BCUT2D eigenvalue weighted by Gasteiger charge is -2.28. The van der Waals surface area contributed by atoms with Crippen molar-refractivity contribution in [3.63, 3.8) is 0 Å². The van der Waals surface area contributed by atoms with Gasteiger partial charge in [0.15, 0.2) is 0 Å². The lowest BCUT2D eigenvalue weighted by Crippen LogP contribution is -2.50. The van der Waals surface area contributed by atoms with E-state index < -0.39 is 5.54 Å². The number of esters is 1. The highest BCUT2D eigenvalue weighted by molar-refractivity contribution is 7.99. The van der Waals surface area contributed by atoms with Crippen molar-refractivity contribution in [2.45, 2.75) is 65.3 Å². The zero-order valence-corrected chi connectivity index (χ0v) is 13.9. The highest BCUT2D eigenvalue weighted by Crippen LogP contribution is 2.18. The summed E-state index contributed by atoms with van der Waals surface area (Å²) in [7, 11) is 0. The van der Waals surface area contributed by atoms with Gasteiger partial charge < -0.3 is 10.1 Å². The Hall–Kier alpha value is -0.220. The van der Waals surface area contributed by atoms with Crippen molar-refractivity contribution < 1.29 is 9.53 Å². The number of carbonyl (C=O) groups is 1. The summed E-state index contributed by atoms with van der Waals surface area (Å²) in [5.41, 5.74) is -0.515. The van der Waals surface area contributed by atoms with Crippen molar-refractivity contribution in [2.75, 3.05) is 24.7 Å². The third-order valence-corrected chi connectivity index (χ3v) is 4.31. The van der Waals surface area contributed by atoms with Gasteiger partial charge in [-0.2, -0.15) is 11.8 Å². The number of unbranched alkanes of at least 4 members (excludes halogenated alkanes) is 2. The number of rotatable bonds is 12. The van der Waals surface area contributed by atoms with Crippen LogP contribution in [-0.2, 0) is 9.53 Å². The summed E-state index contributed by atoms with van der Waals surface area (Å²) in [6.07, 6.45) is 5.68. The summed E-state index contributed by atoms with van der Waals surface area (Å²) in [5.74, 6) is 2.35. The van der Waals surface area contributed by atoms with Gasteiger partial charge in [0, 0.05) is 0 Å². The maximum Gasteiger partial charge on any atom is 0.326 e. The Bertz CT molecular complexity index is 236. The Morgan fingerprint density at radius 3 is 2.42 bits per heavy atom. The molecule has 1 atom stereocenters. The van der Waals surface area contributed by atoms with Gasteiger partial charge in [-0.15, -0.1) is 0 Å². The van der Waals surface area contributed by atoms with Gasteiger partial charge in [0.25, 0.3) is 0 Å². The fourth-order valence-electron chi connectivity index (χ4n) is 1.97. The molecule has 0 aromatic rings. The normalized spacial score (nSPS) is 14.1. The molecule has 0 fully saturated rings. The summed E-state index contributed by atoms with van der Waals surface area (Å²) in [5, 5.41) is 3.27. The van der Waals surface area contributed by atoms with Crippen LogP contribution in [0.4, 0.5) is 0 Å². The quantitative estimate of drug-likeness (QED) is 0.440. The van der Waals surface area contributed by atoms with Gasteiger partial charge in [0.05, 0.1) is 6.61 Å². The standard InChI is InChI=1S/C15H31NO2S/c1-5-8-12-19-13-10-9-11-15(4,16-6-2)14(17)18-7-3/h16H,5-13H2,1-4H3. The fraction of sp³-hybridized carbons (Fsp3) is 0.933. The van der Waals surface area contributed by atoms with E-state index in [0.29, 0.717) is 6.61 Å². The molecule has 0 amide bonds. The van der Waals surface area contributed by atoms with E-state index in [-0.39, 0.29) is 5.97 Å². The number of hydrogen-bond donors (Lipinski definition) is 1. The molecule has 0 heterocycles. The Balaban J connectivity index is 3.90. The molecule has 0 rings (SSSR count). The van der Waals surface area contributed by atoms with E-state index in [9.17, 15) is 4.79 Å². The molecule has 4 heteroatoms. The van der Waals surface area contributed by atoms with Crippen molar-refractivity contribution >= 4 is 17.7 Å². The lowest BCUT2D eigenvalue weighted by atomic mass is 9.95. The summed E-state index contributed by atoms with van der Waals surface area (Å²) in [6, 6.07) is 0. The van der Waals surface area contributed by atoms with Crippen LogP contribution < -0.4 is 5.32 Å². The minimum Gasteiger partial charge on any atom is -0.465 e. The van der Waals surface area contributed by atoms with Gasteiger partial charge >= 0.3 is 5.97 Å². The lowest BCUT2D eigenvalue weighted by molar-refractivity contribution is -0.150. The molecule has 0 aliphatic heterocycles. The largest absolute Gasteiger partial charge is 0.465 e. The van der Waals surface area contributed by atoms with Crippen LogP contribution in [0.25, 0.3) is 0 Å². The number of likely N-dealkylation sites (N-methyl/N-ethyl adjacent to an activating group) is 1. The summed E-state index contributed by atoms with van der Waals surface area (Å²) >= 11 is 2.02. The van der Waals surface area contributed by atoms with E-state index in [0.717, 1.165) is 19.4 Å². The molecule has 1 unspecified atom stereocenters. The molecule has 0 radical (unpaired) electrons. The summed E-state index contributed by atoms with van der Waals surface area (Å²) in [6.45, 7) is 9.31. The molecule has 1 N–H and O–H groups in total. The van der Waals surface area contributed by atoms with Crippen LogP contribution in [0.1, 0.15) is 59.8 Å². The van der Waals surface area contributed by atoms with E-state index in [2.05, 4.69) is 12.2 Å². The minimum absolute atomic E-state index is 0.115. The average molecular weight is 289 g/mol. The number of thioether (sulfide) groups is 1. The van der Waals surface area contributed by atoms with Crippen molar-refractivity contribution in [1.29, 1.82) is 0 Å². The smallest absolute Gasteiger partial charge is 0.326 e. The first-order chi connectivity index (χ1) is 9.10. The molecule has 19 heavy (non-hydrogen) atoms. The van der Waals surface area contributed by atoms with Gasteiger partial charge in [-0.05, 0) is 51.2 Å². The predicted octanol–water partition coefficient (Wildman–Crippen LogP) is 3.62. The molecule has 0 aliphatic carbocycles. The molecule has 3 nitrogen and oxygen atoms in total. The highest BCUT2D eigenvalue weighted by Gasteiger charge is 2.32. The van der Waals surface area contributed by atoms with Crippen LogP contribution >= 0.6 is 11.8 Å². The molecule has 114 valence electrons. The molecule has 0 bridgehead atoms. The van der Waals surface area contributed by atoms with Gasteiger partial charge in [-0.25, -0.2) is 0 Å². The molecular formula is C15H31NO2S. The van der Waals surface area contributed by atoms with Crippen LogP contribution in [0.3, 0.4) is 0 Å². The molecule has 0 aromatic heterocycles. The van der Waals surface area contributed by atoms with E-state index in [4.69, 9.17) is 4.74 Å². The molecular weight excluding hydrogens is 258 g/mol. The average Bonchev–Trinajstić information content (AvgIpc) is 2.38. The Labute approximate surface area is 123 Å². The van der Waals surface area contributed by atoms with E-state index >= 15 is 0 Å². The molecule has 0 aliphatic rings. The van der Waals surface area contributed by atoms with Crippen molar-refractivity contribution in [2.24, 2.45) is 0 Å². The first-order valence-corrected chi connectivity index (χ1v) is 8.76. The first-order valence-electron chi connectivity index (χ1n) is 7.60. The maximum atomic E-state index is 12.0. The zero-order valence-electron chi connectivity index (χ0n) is 13.1. The van der Waals surface area contributed by atoms with Crippen LogP contribution in [0, 0.1) is 0 Å². The van der Waals surface area contributed by atoms with E-state index in [1.165, 1.54) is 30.8 Å². The van der Waals surface area contributed by atoms with Crippen molar-refractivity contribution in [1.82, 2.24) is 5.32 Å². The van der Waals surface area contributed by atoms with Gasteiger partial charge in [-0.1, -0.05) is 26.7 Å². The van der Waals surface area contributed by atoms with Crippen molar-refractivity contribution in [3.05, 3.63) is 0 Å². The fourth-order valence-corrected chi connectivity index (χ4v) is 3.08. The Morgan fingerprint density at radius 1 is 1.16 bits per heavy atom. The van der Waals surface area contributed by atoms with Crippen molar-refractivity contribution in [3.8, 4) is 0 Å². The van der Waals surface area contributed by atoms with Crippen LogP contribution in [0.15, 0.2) is 0 Å². The zero-order chi connectivity index (χ0) is 14.6.